The summed E-state index contributed by atoms with van der Waals surface area (Å²) in [6.45, 7) is 6.38. The van der Waals surface area contributed by atoms with Crippen molar-refractivity contribution >= 4 is 17.1 Å². The fourth-order valence-corrected chi connectivity index (χ4v) is 3.31. The molecule has 114 valence electrons. The zero-order valence-corrected chi connectivity index (χ0v) is 14.1. The van der Waals surface area contributed by atoms with E-state index in [-0.39, 0.29) is 11.7 Å². The Bertz CT molecular complexity index is 386. The minimum absolute atomic E-state index is 0.196. The lowest BCUT2D eigenvalue weighted by Crippen LogP contribution is -2.15. The van der Waals surface area contributed by atoms with E-state index in [0.29, 0.717) is 0 Å². The van der Waals surface area contributed by atoms with E-state index in [2.05, 4.69) is 18.8 Å². The number of thiazole rings is 1. The van der Waals surface area contributed by atoms with Crippen molar-refractivity contribution in [2.24, 2.45) is 5.92 Å². The normalized spacial score (nSPS) is 12.6. The zero-order chi connectivity index (χ0) is 14.8. The van der Waals surface area contributed by atoms with Crippen molar-refractivity contribution in [2.45, 2.75) is 78.6 Å². The maximum Gasteiger partial charge on any atom is 0.194 e. The third-order valence-electron chi connectivity index (χ3n) is 3.76. The van der Waals surface area contributed by atoms with E-state index in [0.717, 1.165) is 36.4 Å². The number of nitrogens with zero attached hydrogens (tertiary/aromatic N) is 1. The SMILES string of the molecule is CCCCCCCC(CCCC)C(=O)c1nc(C)cs1. The van der Waals surface area contributed by atoms with Crippen molar-refractivity contribution in [3.63, 3.8) is 0 Å². The van der Waals surface area contributed by atoms with Gasteiger partial charge in [0.2, 0.25) is 0 Å². The van der Waals surface area contributed by atoms with Crippen LogP contribution in [0.2, 0.25) is 0 Å². The molecule has 0 aliphatic rings. The zero-order valence-electron chi connectivity index (χ0n) is 13.3. The second kappa shape index (κ2) is 10.1. The number of hydrogen-bond acceptors (Lipinski definition) is 3. The first-order chi connectivity index (χ1) is 9.69. The Hall–Kier alpha value is -0.700. The molecule has 1 rings (SSSR count). The largest absolute Gasteiger partial charge is 0.291 e. The van der Waals surface area contributed by atoms with E-state index in [1.165, 1.54) is 43.4 Å². The van der Waals surface area contributed by atoms with E-state index < -0.39 is 0 Å². The summed E-state index contributed by atoms with van der Waals surface area (Å²) in [7, 11) is 0. The van der Waals surface area contributed by atoms with Gasteiger partial charge in [-0.05, 0) is 19.8 Å². The summed E-state index contributed by atoms with van der Waals surface area (Å²) >= 11 is 1.51. The Kier molecular flexibility index (Phi) is 8.75. The van der Waals surface area contributed by atoms with Gasteiger partial charge in [0.25, 0.3) is 0 Å². The first-order valence-corrected chi connectivity index (χ1v) is 9.03. The Morgan fingerprint density at radius 2 is 1.75 bits per heavy atom. The van der Waals surface area contributed by atoms with E-state index in [9.17, 15) is 4.79 Å². The van der Waals surface area contributed by atoms with Gasteiger partial charge in [-0.15, -0.1) is 11.3 Å². The molecule has 20 heavy (non-hydrogen) atoms. The molecule has 2 nitrogen and oxygen atoms in total. The van der Waals surface area contributed by atoms with Gasteiger partial charge in [-0.3, -0.25) is 4.79 Å². The predicted octanol–water partition coefficient (Wildman–Crippen LogP) is 5.80. The smallest absolute Gasteiger partial charge is 0.194 e. The quantitative estimate of drug-likeness (QED) is 0.381. The van der Waals surface area contributed by atoms with Gasteiger partial charge in [0, 0.05) is 17.0 Å². The highest BCUT2D eigenvalue weighted by Crippen LogP contribution is 2.23. The molecule has 0 radical (unpaired) electrons. The first-order valence-electron chi connectivity index (χ1n) is 8.15. The summed E-state index contributed by atoms with van der Waals surface area (Å²) in [6.07, 6.45) is 10.7. The van der Waals surface area contributed by atoms with Crippen LogP contribution in [0.5, 0.6) is 0 Å². The molecule has 1 atom stereocenters. The van der Waals surface area contributed by atoms with Gasteiger partial charge >= 0.3 is 0 Å². The van der Waals surface area contributed by atoms with Crippen molar-refractivity contribution in [3.05, 3.63) is 16.1 Å². The van der Waals surface area contributed by atoms with Crippen LogP contribution in [-0.4, -0.2) is 10.8 Å². The standard InChI is InChI=1S/C17H29NOS/c1-4-6-8-9-10-12-15(11-7-5-2)16(19)17-18-14(3)13-20-17/h13,15H,4-12H2,1-3H3. The van der Waals surface area contributed by atoms with Crippen LogP contribution in [0, 0.1) is 12.8 Å². The highest BCUT2D eigenvalue weighted by Gasteiger charge is 2.21. The number of ketones is 1. The molecule has 1 aromatic heterocycles. The van der Waals surface area contributed by atoms with E-state index in [4.69, 9.17) is 0 Å². The van der Waals surface area contributed by atoms with E-state index in [1.54, 1.807) is 0 Å². The molecule has 1 heterocycles. The van der Waals surface area contributed by atoms with Crippen molar-refractivity contribution < 1.29 is 4.79 Å². The molecule has 0 aromatic carbocycles. The molecular formula is C17H29NOS. The molecule has 0 N–H and O–H groups in total. The number of carbonyl (C=O) groups is 1. The van der Waals surface area contributed by atoms with Gasteiger partial charge in [-0.1, -0.05) is 58.8 Å². The van der Waals surface area contributed by atoms with Crippen molar-refractivity contribution in [3.8, 4) is 0 Å². The number of Topliss-reactive ketones (excluding diaryl/α,β-unsaturated/α-hetero) is 1. The highest BCUT2D eigenvalue weighted by molar-refractivity contribution is 7.11. The fourth-order valence-electron chi connectivity index (χ4n) is 2.49. The van der Waals surface area contributed by atoms with Crippen molar-refractivity contribution in [2.75, 3.05) is 0 Å². The lowest BCUT2D eigenvalue weighted by Gasteiger charge is -2.14. The van der Waals surface area contributed by atoms with Crippen LogP contribution in [0.3, 0.4) is 0 Å². The van der Waals surface area contributed by atoms with Crippen LogP contribution in [0.1, 0.15) is 87.1 Å². The third kappa shape index (κ3) is 6.17. The summed E-state index contributed by atoms with van der Waals surface area (Å²) < 4.78 is 0. The van der Waals surface area contributed by atoms with Crippen LogP contribution < -0.4 is 0 Å². The molecule has 0 aliphatic heterocycles. The molecule has 0 amide bonds. The number of aryl methyl sites for hydroxylation is 1. The highest BCUT2D eigenvalue weighted by atomic mass is 32.1. The monoisotopic (exact) mass is 295 g/mol. The third-order valence-corrected chi connectivity index (χ3v) is 4.74. The number of carbonyl (C=O) groups excluding carboxylic acids is 1. The van der Waals surface area contributed by atoms with Gasteiger partial charge < -0.3 is 0 Å². The molecular weight excluding hydrogens is 266 g/mol. The predicted molar refractivity (Wildman–Crippen MR) is 87.6 cm³/mol. The molecule has 0 aliphatic carbocycles. The van der Waals surface area contributed by atoms with Gasteiger partial charge in [0.1, 0.15) is 0 Å². The summed E-state index contributed by atoms with van der Waals surface area (Å²) in [6, 6.07) is 0. The maximum atomic E-state index is 12.5. The van der Waals surface area contributed by atoms with Gasteiger partial charge in [-0.2, -0.15) is 0 Å². The summed E-state index contributed by atoms with van der Waals surface area (Å²) in [5.41, 5.74) is 0.968. The fraction of sp³-hybridized carbons (Fsp3) is 0.765. The Morgan fingerprint density at radius 1 is 1.10 bits per heavy atom. The molecule has 0 fully saturated rings. The number of rotatable bonds is 11. The first kappa shape index (κ1) is 17.4. The van der Waals surface area contributed by atoms with Crippen LogP contribution in [0.4, 0.5) is 0 Å². The average molecular weight is 295 g/mol. The molecule has 1 aromatic rings. The Labute approximate surface area is 128 Å². The molecule has 0 saturated heterocycles. The minimum Gasteiger partial charge on any atom is -0.291 e. The van der Waals surface area contributed by atoms with Crippen molar-refractivity contribution in [1.82, 2.24) is 4.98 Å². The average Bonchev–Trinajstić information content (AvgIpc) is 2.88. The van der Waals surface area contributed by atoms with Crippen LogP contribution in [0.25, 0.3) is 0 Å². The maximum absolute atomic E-state index is 12.5. The van der Waals surface area contributed by atoms with Crippen LogP contribution >= 0.6 is 11.3 Å². The van der Waals surface area contributed by atoms with Gasteiger partial charge in [-0.25, -0.2) is 4.98 Å². The van der Waals surface area contributed by atoms with Gasteiger partial charge in [0.05, 0.1) is 0 Å². The molecule has 3 heteroatoms. The Morgan fingerprint density at radius 3 is 2.35 bits per heavy atom. The Balaban J connectivity index is 2.47. The van der Waals surface area contributed by atoms with E-state index >= 15 is 0 Å². The number of aromatic nitrogens is 1. The van der Waals surface area contributed by atoms with Crippen molar-refractivity contribution in [1.29, 1.82) is 0 Å². The minimum atomic E-state index is 0.196. The molecule has 0 spiro atoms. The van der Waals surface area contributed by atoms with Gasteiger partial charge in [0.15, 0.2) is 10.8 Å². The lowest BCUT2D eigenvalue weighted by atomic mass is 9.91. The lowest BCUT2D eigenvalue weighted by molar-refractivity contribution is 0.0901. The second-order valence-electron chi connectivity index (χ2n) is 5.70. The molecule has 0 bridgehead atoms. The van der Waals surface area contributed by atoms with Crippen LogP contribution in [0.15, 0.2) is 5.38 Å². The van der Waals surface area contributed by atoms with E-state index in [1.807, 2.05) is 12.3 Å². The summed E-state index contributed by atoms with van der Waals surface area (Å²) in [4.78, 5) is 16.9. The molecule has 0 saturated carbocycles. The number of unbranched alkanes of at least 4 members (excludes halogenated alkanes) is 5. The molecule has 1 unspecified atom stereocenters. The van der Waals surface area contributed by atoms with Crippen LogP contribution in [-0.2, 0) is 0 Å². The summed E-state index contributed by atoms with van der Waals surface area (Å²) in [5.74, 6) is 0.481. The summed E-state index contributed by atoms with van der Waals surface area (Å²) in [5, 5.41) is 2.70. The second-order valence-corrected chi connectivity index (χ2v) is 6.56. The topological polar surface area (TPSA) is 30.0 Å². The number of hydrogen-bond donors (Lipinski definition) is 0.